The molecule has 0 aliphatic rings. The number of thioether (sulfide) groups is 1. The molecule has 0 unspecified atom stereocenters. The van der Waals surface area contributed by atoms with Crippen molar-refractivity contribution < 1.29 is 16.8 Å². The van der Waals surface area contributed by atoms with Crippen molar-refractivity contribution in [3.63, 3.8) is 0 Å². The van der Waals surface area contributed by atoms with Crippen molar-refractivity contribution in [2.45, 2.75) is 22.5 Å². The summed E-state index contributed by atoms with van der Waals surface area (Å²) in [7, 11) is -5.05. The third kappa shape index (κ3) is 6.45. The largest absolute Gasteiger partial charge is 0.355 e. The molecule has 29 heavy (non-hydrogen) atoms. The molecule has 2 rings (SSSR count). The van der Waals surface area contributed by atoms with Crippen LogP contribution in [0.15, 0.2) is 45.4 Å². The lowest BCUT2D eigenvalue weighted by Crippen LogP contribution is -2.41. The average Bonchev–Trinajstić information content (AvgIpc) is 3.11. The number of nitrogens with zero attached hydrogens (tertiary/aromatic N) is 2. The second-order valence-electron chi connectivity index (χ2n) is 5.81. The number of guanidine groups is 1. The molecule has 0 amide bonds. The molecule has 0 spiro atoms. The summed E-state index contributed by atoms with van der Waals surface area (Å²) < 4.78 is 53.5. The summed E-state index contributed by atoms with van der Waals surface area (Å²) in [5.41, 5.74) is 2.01. The number of aromatic amines is 1. The molecular weight excluding hydrogens is 436 g/mol. The Morgan fingerprint density at radius 1 is 1.21 bits per heavy atom. The number of aryl methyl sites for hydroxylation is 1. The minimum absolute atomic E-state index is 0.0726. The predicted molar refractivity (Wildman–Crippen MR) is 114 cm³/mol. The lowest BCUT2D eigenvalue weighted by Gasteiger charge is -2.13. The summed E-state index contributed by atoms with van der Waals surface area (Å²) >= 11 is 1.65. The van der Waals surface area contributed by atoms with Crippen LogP contribution < -0.4 is 14.8 Å². The molecule has 0 aliphatic heterocycles. The predicted octanol–water partition coefficient (Wildman–Crippen LogP) is 0.413. The Morgan fingerprint density at radius 2 is 1.90 bits per heavy atom. The Labute approximate surface area is 175 Å². The first-order valence-corrected chi connectivity index (χ1v) is 12.7. The van der Waals surface area contributed by atoms with E-state index in [1.807, 2.05) is 6.92 Å². The van der Waals surface area contributed by atoms with Crippen LogP contribution in [0.5, 0.6) is 0 Å². The van der Waals surface area contributed by atoms with E-state index in [1.165, 1.54) is 32.3 Å². The highest BCUT2D eigenvalue weighted by molar-refractivity contribution is 7.98. The SMILES string of the molecule is CN=C(NCCSCc1nc[nH]c1C)NS(=O)(=O)c1cccc(S(=O)(=O)NC)c1. The molecule has 10 nitrogen and oxygen atoms in total. The van der Waals surface area contributed by atoms with Crippen molar-refractivity contribution >= 4 is 37.8 Å². The van der Waals surface area contributed by atoms with E-state index < -0.39 is 20.0 Å². The Bertz CT molecular complexity index is 1060. The smallest absolute Gasteiger partial charge is 0.264 e. The van der Waals surface area contributed by atoms with Crippen molar-refractivity contribution in [2.24, 2.45) is 4.99 Å². The highest BCUT2D eigenvalue weighted by Crippen LogP contribution is 2.15. The average molecular weight is 461 g/mol. The molecule has 1 aromatic carbocycles. The molecule has 160 valence electrons. The molecular formula is C16H24N6O4S3. The Balaban J connectivity index is 1.94. The van der Waals surface area contributed by atoms with E-state index in [0.717, 1.165) is 23.2 Å². The Hall–Kier alpha value is -2.09. The number of benzene rings is 1. The maximum atomic E-state index is 12.6. The molecule has 0 bridgehead atoms. The first-order valence-electron chi connectivity index (χ1n) is 8.53. The minimum Gasteiger partial charge on any atom is -0.355 e. The van der Waals surface area contributed by atoms with E-state index in [1.54, 1.807) is 18.1 Å². The molecule has 1 heterocycles. The zero-order chi connectivity index (χ0) is 21.5. The number of H-pyrrole nitrogens is 1. The maximum absolute atomic E-state index is 12.6. The van der Waals surface area contributed by atoms with E-state index in [9.17, 15) is 16.8 Å². The number of nitrogens with one attached hydrogen (secondary N) is 4. The van der Waals surface area contributed by atoms with Gasteiger partial charge in [-0.1, -0.05) is 6.07 Å². The number of sulfonamides is 2. The molecule has 1 aromatic heterocycles. The second-order valence-corrected chi connectivity index (χ2v) is 10.5. The fourth-order valence-corrected chi connectivity index (χ4v) is 5.02. The van der Waals surface area contributed by atoms with Crippen LogP contribution in [0.2, 0.25) is 0 Å². The fraction of sp³-hybridized carbons (Fsp3) is 0.375. The third-order valence-corrected chi connectivity index (χ3v) is 7.58. The van der Waals surface area contributed by atoms with E-state index in [0.29, 0.717) is 12.3 Å². The maximum Gasteiger partial charge on any atom is 0.264 e. The summed E-state index contributed by atoms with van der Waals surface area (Å²) in [4.78, 5) is 10.8. The van der Waals surface area contributed by atoms with E-state index in [2.05, 4.69) is 29.7 Å². The van der Waals surface area contributed by atoms with Gasteiger partial charge in [0.1, 0.15) is 0 Å². The van der Waals surface area contributed by atoms with Crippen LogP contribution in [0.3, 0.4) is 0 Å². The molecule has 0 saturated heterocycles. The molecule has 4 N–H and O–H groups in total. The van der Waals surface area contributed by atoms with E-state index in [4.69, 9.17) is 0 Å². The highest BCUT2D eigenvalue weighted by Gasteiger charge is 2.19. The van der Waals surface area contributed by atoms with Crippen LogP contribution in [-0.2, 0) is 25.8 Å². The van der Waals surface area contributed by atoms with Crippen molar-refractivity contribution in [3.8, 4) is 0 Å². The van der Waals surface area contributed by atoms with Gasteiger partial charge in [0.25, 0.3) is 10.0 Å². The first-order chi connectivity index (χ1) is 13.7. The van der Waals surface area contributed by atoms with Gasteiger partial charge in [0.2, 0.25) is 16.0 Å². The number of hydrogen-bond acceptors (Lipinski definition) is 7. The van der Waals surface area contributed by atoms with Crippen LogP contribution in [0.4, 0.5) is 0 Å². The van der Waals surface area contributed by atoms with Gasteiger partial charge in [-0.3, -0.25) is 4.99 Å². The monoisotopic (exact) mass is 460 g/mol. The van der Waals surface area contributed by atoms with Gasteiger partial charge in [-0.2, -0.15) is 11.8 Å². The molecule has 0 atom stereocenters. The van der Waals surface area contributed by atoms with Crippen molar-refractivity contribution in [1.29, 1.82) is 0 Å². The summed E-state index contributed by atoms with van der Waals surface area (Å²) in [6, 6.07) is 5.08. The van der Waals surface area contributed by atoms with Crippen molar-refractivity contribution in [1.82, 2.24) is 24.7 Å². The summed E-state index contributed by atoms with van der Waals surface area (Å²) in [6.07, 6.45) is 1.65. The van der Waals surface area contributed by atoms with Crippen LogP contribution in [-0.4, -0.2) is 59.2 Å². The highest BCUT2D eigenvalue weighted by atomic mass is 32.2. The van der Waals surface area contributed by atoms with Gasteiger partial charge in [-0.25, -0.2) is 31.3 Å². The zero-order valence-electron chi connectivity index (χ0n) is 16.3. The second kappa shape index (κ2) is 10.1. The van der Waals surface area contributed by atoms with Crippen molar-refractivity contribution in [2.75, 3.05) is 26.4 Å². The van der Waals surface area contributed by atoms with Crippen LogP contribution >= 0.6 is 11.8 Å². The first kappa shape index (κ1) is 23.2. The standard InChI is InChI=1S/C16H24N6O4S3/c1-12-15(21-11-20-12)10-27-8-7-19-16(17-2)22-29(25,26)14-6-4-5-13(9-14)28(23,24)18-3/h4-6,9,11,18H,7-8,10H2,1-3H3,(H,20,21)(H2,17,19,22). The normalized spacial score (nSPS) is 12.7. The number of imidazole rings is 1. The van der Waals surface area contributed by atoms with Crippen LogP contribution in [0.25, 0.3) is 0 Å². The zero-order valence-corrected chi connectivity index (χ0v) is 18.7. The number of hydrogen-bond donors (Lipinski definition) is 4. The lowest BCUT2D eigenvalue weighted by atomic mass is 10.4. The molecule has 0 fully saturated rings. The molecule has 2 aromatic rings. The quantitative estimate of drug-likeness (QED) is 0.241. The molecule has 0 saturated carbocycles. The van der Waals surface area contributed by atoms with Gasteiger partial charge < -0.3 is 10.3 Å². The van der Waals surface area contributed by atoms with Crippen LogP contribution in [0, 0.1) is 6.92 Å². The van der Waals surface area contributed by atoms with Crippen molar-refractivity contribution in [3.05, 3.63) is 42.0 Å². The third-order valence-electron chi connectivity index (χ3n) is 3.86. The topological polar surface area (TPSA) is 145 Å². The van der Waals surface area contributed by atoms with Gasteiger partial charge in [-0.05, 0) is 32.2 Å². The summed E-state index contributed by atoms with van der Waals surface area (Å²) in [5.74, 6) is 1.53. The summed E-state index contributed by atoms with van der Waals surface area (Å²) in [6.45, 7) is 2.44. The molecule has 0 radical (unpaired) electrons. The van der Waals surface area contributed by atoms with Gasteiger partial charge in [0.05, 0.1) is 21.8 Å². The number of aliphatic imine (C=N–C) groups is 1. The van der Waals surface area contributed by atoms with Gasteiger partial charge in [0.15, 0.2) is 0 Å². The van der Waals surface area contributed by atoms with E-state index in [-0.39, 0.29) is 15.8 Å². The Kier molecular flexibility index (Phi) is 8.07. The number of aromatic nitrogens is 2. The molecule has 13 heteroatoms. The lowest BCUT2D eigenvalue weighted by molar-refractivity contribution is 0.587. The minimum atomic E-state index is -4.00. The molecule has 0 aliphatic carbocycles. The van der Waals surface area contributed by atoms with Gasteiger partial charge >= 0.3 is 0 Å². The van der Waals surface area contributed by atoms with E-state index >= 15 is 0 Å². The Morgan fingerprint density at radius 3 is 2.48 bits per heavy atom. The fourth-order valence-electron chi connectivity index (χ4n) is 2.22. The van der Waals surface area contributed by atoms with Gasteiger partial charge in [0, 0.05) is 30.8 Å². The number of rotatable bonds is 9. The van der Waals surface area contributed by atoms with Gasteiger partial charge in [-0.15, -0.1) is 0 Å². The summed E-state index contributed by atoms with van der Waals surface area (Å²) in [5, 5.41) is 2.93. The van der Waals surface area contributed by atoms with Crippen LogP contribution in [0.1, 0.15) is 11.4 Å².